The Hall–Kier alpha value is -1.44. The predicted octanol–water partition coefficient (Wildman–Crippen LogP) is 3.06. The maximum atomic E-state index is 4.56. The van der Waals surface area contributed by atoms with Crippen molar-refractivity contribution in [3.63, 3.8) is 0 Å². The number of pyridine rings is 2. The van der Waals surface area contributed by atoms with Crippen LogP contribution in [0.5, 0.6) is 0 Å². The lowest BCUT2D eigenvalue weighted by Gasteiger charge is -2.09. The van der Waals surface area contributed by atoms with Crippen LogP contribution in [0.25, 0.3) is 11.0 Å². The van der Waals surface area contributed by atoms with E-state index >= 15 is 0 Å². The Morgan fingerprint density at radius 1 is 1.29 bits per heavy atom. The van der Waals surface area contributed by atoms with Crippen molar-refractivity contribution >= 4 is 11.0 Å². The number of rotatable bonds is 1. The fourth-order valence-corrected chi connectivity index (χ4v) is 1.71. The zero-order valence-corrected chi connectivity index (χ0v) is 8.78. The normalized spacial score (nSPS) is 11.1. The van der Waals surface area contributed by atoms with Crippen LogP contribution in [0.1, 0.15) is 31.0 Å². The molecule has 0 saturated heterocycles. The molecule has 0 unspecified atom stereocenters. The van der Waals surface area contributed by atoms with Crippen LogP contribution in [0.3, 0.4) is 0 Å². The maximum absolute atomic E-state index is 4.56. The summed E-state index contributed by atoms with van der Waals surface area (Å²) in [6, 6.07) is 6.15. The van der Waals surface area contributed by atoms with E-state index in [4.69, 9.17) is 0 Å². The zero-order chi connectivity index (χ0) is 10.1. The highest BCUT2D eigenvalue weighted by molar-refractivity contribution is 5.75. The SMILES string of the molecule is Cc1cc2cccnc2nc1C(C)C. The molecular formula is C12H14N2. The van der Waals surface area contributed by atoms with E-state index in [1.807, 2.05) is 12.1 Å². The smallest absolute Gasteiger partial charge is 0.159 e. The summed E-state index contributed by atoms with van der Waals surface area (Å²) >= 11 is 0. The van der Waals surface area contributed by atoms with Gasteiger partial charge in [-0.05, 0) is 36.6 Å². The molecule has 0 bridgehead atoms. The van der Waals surface area contributed by atoms with Gasteiger partial charge in [-0.1, -0.05) is 13.8 Å². The summed E-state index contributed by atoms with van der Waals surface area (Å²) in [6.07, 6.45) is 1.79. The second-order valence-corrected chi connectivity index (χ2v) is 3.90. The van der Waals surface area contributed by atoms with E-state index in [0.717, 1.165) is 16.7 Å². The second kappa shape index (κ2) is 3.37. The molecule has 0 spiro atoms. The molecule has 2 aromatic heterocycles. The fraction of sp³-hybridized carbons (Fsp3) is 0.333. The first-order valence-corrected chi connectivity index (χ1v) is 4.91. The first-order chi connectivity index (χ1) is 6.68. The molecule has 0 aliphatic rings. The van der Waals surface area contributed by atoms with Gasteiger partial charge < -0.3 is 0 Å². The van der Waals surface area contributed by atoms with E-state index < -0.39 is 0 Å². The molecule has 2 heteroatoms. The molecule has 0 fully saturated rings. The lowest BCUT2D eigenvalue weighted by atomic mass is 10.0. The van der Waals surface area contributed by atoms with Gasteiger partial charge in [-0.25, -0.2) is 9.97 Å². The molecule has 72 valence electrons. The highest BCUT2D eigenvalue weighted by Crippen LogP contribution is 2.20. The van der Waals surface area contributed by atoms with Crippen LogP contribution in [0.2, 0.25) is 0 Å². The van der Waals surface area contributed by atoms with Gasteiger partial charge in [0.05, 0.1) is 0 Å². The molecule has 2 aromatic rings. The van der Waals surface area contributed by atoms with Gasteiger partial charge in [0.1, 0.15) is 0 Å². The lowest BCUT2D eigenvalue weighted by molar-refractivity contribution is 0.817. The van der Waals surface area contributed by atoms with Gasteiger partial charge in [0, 0.05) is 17.3 Å². The van der Waals surface area contributed by atoms with Crippen LogP contribution in [0.15, 0.2) is 24.4 Å². The summed E-state index contributed by atoms with van der Waals surface area (Å²) in [7, 11) is 0. The van der Waals surface area contributed by atoms with Gasteiger partial charge in [0.2, 0.25) is 0 Å². The van der Waals surface area contributed by atoms with E-state index in [-0.39, 0.29) is 0 Å². The Bertz CT molecular complexity index is 461. The summed E-state index contributed by atoms with van der Waals surface area (Å²) in [5, 5.41) is 1.12. The minimum Gasteiger partial charge on any atom is -0.237 e. The van der Waals surface area contributed by atoms with Crippen LogP contribution in [-0.4, -0.2) is 9.97 Å². The van der Waals surface area contributed by atoms with Crippen molar-refractivity contribution in [1.29, 1.82) is 0 Å². The van der Waals surface area contributed by atoms with Crippen molar-refractivity contribution in [2.75, 3.05) is 0 Å². The molecule has 0 aliphatic heterocycles. The number of aromatic nitrogens is 2. The molecule has 0 saturated carbocycles. The third-order valence-electron chi connectivity index (χ3n) is 2.37. The second-order valence-electron chi connectivity index (χ2n) is 3.90. The maximum Gasteiger partial charge on any atom is 0.159 e. The monoisotopic (exact) mass is 186 g/mol. The van der Waals surface area contributed by atoms with E-state index in [1.54, 1.807) is 6.20 Å². The Morgan fingerprint density at radius 3 is 2.79 bits per heavy atom. The Balaban J connectivity index is 2.71. The molecular weight excluding hydrogens is 172 g/mol. The molecule has 0 amide bonds. The highest BCUT2D eigenvalue weighted by Gasteiger charge is 2.06. The van der Waals surface area contributed by atoms with Crippen molar-refractivity contribution in [3.8, 4) is 0 Å². The predicted molar refractivity (Wildman–Crippen MR) is 58.4 cm³/mol. The van der Waals surface area contributed by atoms with Gasteiger partial charge in [-0.15, -0.1) is 0 Å². The number of fused-ring (bicyclic) bond motifs is 1. The first kappa shape index (κ1) is 9.13. The minimum atomic E-state index is 0.460. The van der Waals surface area contributed by atoms with E-state index in [9.17, 15) is 0 Å². The molecule has 0 aliphatic carbocycles. The third kappa shape index (κ3) is 1.48. The molecule has 14 heavy (non-hydrogen) atoms. The van der Waals surface area contributed by atoms with Crippen molar-refractivity contribution in [1.82, 2.24) is 9.97 Å². The average Bonchev–Trinajstić information content (AvgIpc) is 2.16. The molecule has 2 rings (SSSR count). The van der Waals surface area contributed by atoms with Crippen LogP contribution < -0.4 is 0 Å². The van der Waals surface area contributed by atoms with E-state index in [2.05, 4.69) is 36.8 Å². The van der Waals surface area contributed by atoms with Gasteiger partial charge in [0.25, 0.3) is 0 Å². The van der Waals surface area contributed by atoms with E-state index in [0.29, 0.717) is 5.92 Å². The summed E-state index contributed by atoms with van der Waals surface area (Å²) in [4.78, 5) is 8.82. The fourth-order valence-electron chi connectivity index (χ4n) is 1.71. The van der Waals surface area contributed by atoms with Crippen molar-refractivity contribution in [2.24, 2.45) is 0 Å². The Labute approximate surface area is 84.0 Å². The van der Waals surface area contributed by atoms with Crippen molar-refractivity contribution in [3.05, 3.63) is 35.7 Å². The Kier molecular flexibility index (Phi) is 2.20. The molecule has 2 nitrogen and oxygen atoms in total. The summed E-state index contributed by atoms with van der Waals surface area (Å²) in [5.74, 6) is 0.460. The highest BCUT2D eigenvalue weighted by atomic mass is 14.8. The van der Waals surface area contributed by atoms with E-state index in [1.165, 1.54) is 5.56 Å². The van der Waals surface area contributed by atoms with Crippen LogP contribution in [0, 0.1) is 6.92 Å². The van der Waals surface area contributed by atoms with Gasteiger partial charge in [0.15, 0.2) is 5.65 Å². The van der Waals surface area contributed by atoms with Crippen molar-refractivity contribution < 1.29 is 0 Å². The van der Waals surface area contributed by atoms with Gasteiger partial charge in [-0.3, -0.25) is 0 Å². The Morgan fingerprint density at radius 2 is 2.07 bits per heavy atom. The minimum absolute atomic E-state index is 0.460. The van der Waals surface area contributed by atoms with Crippen LogP contribution in [-0.2, 0) is 0 Å². The summed E-state index contributed by atoms with van der Waals surface area (Å²) < 4.78 is 0. The number of hydrogen-bond donors (Lipinski definition) is 0. The van der Waals surface area contributed by atoms with Crippen LogP contribution in [0.4, 0.5) is 0 Å². The number of hydrogen-bond acceptors (Lipinski definition) is 2. The number of nitrogens with zero attached hydrogens (tertiary/aromatic N) is 2. The first-order valence-electron chi connectivity index (χ1n) is 4.91. The molecule has 0 N–H and O–H groups in total. The lowest BCUT2D eigenvalue weighted by Crippen LogP contribution is -1.97. The number of aryl methyl sites for hydroxylation is 1. The zero-order valence-electron chi connectivity index (χ0n) is 8.78. The molecule has 0 aromatic carbocycles. The topological polar surface area (TPSA) is 25.8 Å². The van der Waals surface area contributed by atoms with Gasteiger partial charge >= 0.3 is 0 Å². The average molecular weight is 186 g/mol. The standard InChI is InChI=1S/C12H14N2/c1-8(2)11-9(3)7-10-5-4-6-13-12(10)14-11/h4-8H,1-3H3. The largest absolute Gasteiger partial charge is 0.237 e. The van der Waals surface area contributed by atoms with Crippen molar-refractivity contribution in [2.45, 2.75) is 26.7 Å². The third-order valence-corrected chi connectivity index (χ3v) is 2.37. The van der Waals surface area contributed by atoms with Gasteiger partial charge in [-0.2, -0.15) is 0 Å². The molecule has 0 radical (unpaired) electrons. The molecule has 2 heterocycles. The summed E-state index contributed by atoms with van der Waals surface area (Å²) in [6.45, 7) is 6.42. The van der Waals surface area contributed by atoms with Crippen LogP contribution >= 0.6 is 0 Å². The molecule has 0 atom stereocenters. The quantitative estimate of drug-likeness (QED) is 0.684. The summed E-state index contributed by atoms with van der Waals surface area (Å²) in [5.41, 5.74) is 3.25.